The number of aliphatic hydroxyl groups excluding tert-OH is 2. The smallest absolute Gasteiger partial charge is 0.408 e. The number of hydrogen-bond donors (Lipinski definition) is 4. The number of aliphatic hydroxyl groups is 2. The molecule has 4 N–H and O–H groups in total. The van der Waals surface area contributed by atoms with E-state index < -0.39 is 16.9 Å². The fraction of sp³-hybridized carbons (Fsp3) is 0.833. The number of nitrogens with one attached hydrogen (secondary N) is 2. The summed E-state index contributed by atoms with van der Waals surface area (Å²) in [6.07, 6.45) is 0.859. The number of amides is 2. The monoisotopic (exact) mass is 838 g/mol. The molecule has 0 aliphatic heterocycles. The van der Waals surface area contributed by atoms with Crippen LogP contribution in [0.25, 0.3) is 0 Å². The minimum absolute atomic E-state index is 0.0102. The Labute approximate surface area is 314 Å². The van der Waals surface area contributed by atoms with Gasteiger partial charge in [0.15, 0.2) is 0 Å². The molecule has 0 aromatic rings. The average molecular weight is 839 g/mol. The van der Waals surface area contributed by atoms with Crippen molar-refractivity contribution in [3.63, 3.8) is 0 Å². The van der Waals surface area contributed by atoms with Crippen LogP contribution in [0.4, 0.5) is 9.59 Å². The highest BCUT2D eigenvalue weighted by atomic mass is 32.2. The molecule has 12 nitrogen and oxygen atoms in total. The molecule has 1 atom stereocenters. The molecule has 2 amide bonds. The van der Waals surface area contributed by atoms with Gasteiger partial charge in [-0.15, -0.1) is 70.6 Å². The minimum atomic E-state index is -1.05. The molecule has 0 aromatic heterocycles. The first-order chi connectivity index (χ1) is 22.6. The van der Waals surface area contributed by atoms with Crippen molar-refractivity contribution in [2.24, 2.45) is 9.98 Å². The van der Waals surface area contributed by atoms with E-state index in [1.165, 1.54) is 35.5 Å². The predicted octanol–water partition coefficient (Wildman–Crippen LogP) is 4.50. The van der Waals surface area contributed by atoms with Gasteiger partial charge in [-0.3, -0.25) is 14.0 Å². The number of thioether (sulfide) groups is 9. The molecular weight excluding hydrogens is 793 g/mol. The van der Waals surface area contributed by atoms with Gasteiger partial charge in [-0.1, -0.05) is 11.8 Å². The van der Waals surface area contributed by atoms with Crippen LogP contribution in [0.15, 0.2) is 9.98 Å². The van der Waals surface area contributed by atoms with Crippen molar-refractivity contribution < 1.29 is 38.5 Å². The third kappa shape index (κ3) is 39.5. The van der Waals surface area contributed by atoms with Crippen molar-refractivity contribution in [1.29, 1.82) is 0 Å². The van der Waals surface area contributed by atoms with Gasteiger partial charge in [0.05, 0.1) is 53.1 Å². The van der Waals surface area contributed by atoms with E-state index in [0.717, 1.165) is 51.8 Å². The Morgan fingerprint density at radius 1 is 0.674 bits per heavy atom. The predicted molar refractivity (Wildman–Crippen MR) is 216 cm³/mol. The summed E-state index contributed by atoms with van der Waals surface area (Å²) < 4.78 is 16.8. The lowest BCUT2D eigenvalue weighted by molar-refractivity contribution is -0.196. The Morgan fingerprint density at radius 3 is 1.98 bits per heavy atom. The van der Waals surface area contributed by atoms with E-state index in [0.29, 0.717) is 46.7 Å². The van der Waals surface area contributed by atoms with Gasteiger partial charge in [0, 0.05) is 69.0 Å². The van der Waals surface area contributed by atoms with E-state index in [1.807, 2.05) is 0 Å². The van der Waals surface area contributed by atoms with Crippen LogP contribution >= 0.6 is 106 Å². The van der Waals surface area contributed by atoms with Crippen LogP contribution in [-0.4, -0.2) is 155 Å². The number of hydrogen-bond acceptors (Lipinski definition) is 19. The van der Waals surface area contributed by atoms with E-state index in [-0.39, 0.29) is 24.4 Å². The topological polar surface area (TPSA) is 168 Å². The highest BCUT2D eigenvalue weighted by molar-refractivity contribution is 8.14. The lowest BCUT2D eigenvalue weighted by atomic mass is 10.9. The van der Waals surface area contributed by atoms with Crippen LogP contribution in [0.1, 0.15) is 0 Å². The molecule has 0 saturated heterocycles. The maximum atomic E-state index is 11.7. The first-order valence-corrected chi connectivity index (χ1v) is 25.5. The van der Waals surface area contributed by atoms with Gasteiger partial charge in [0.2, 0.25) is 6.40 Å². The summed E-state index contributed by atoms with van der Waals surface area (Å²) in [5, 5.41) is 23.0. The van der Waals surface area contributed by atoms with E-state index in [4.69, 9.17) is 24.7 Å². The Morgan fingerprint density at radius 2 is 1.26 bits per heavy atom. The van der Waals surface area contributed by atoms with Gasteiger partial charge >= 0.3 is 6.09 Å². The van der Waals surface area contributed by atoms with E-state index in [9.17, 15) is 13.8 Å². The van der Waals surface area contributed by atoms with Crippen molar-refractivity contribution >= 4 is 140 Å². The Hall–Kier alpha value is 1.06. The number of carbonyl (C=O) groups excluding carboxylic acids is 2. The number of nitrogens with zero attached hydrogens (tertiary/aromatic N) is 2. The fourth-order valence-corrected chi connectivity index (χ4v) is 10.5. The largest absolute Gasteiger partial charge is 0.438 e. The summed E-state index contributed by atoms with van der Waals surface area (Å²) in [6.45, 7) is 0.317. The van der Waals surface area contributed by atoms with Crippen LogP contribution in [0.2, 0.25) is 0 Å². The second kappa shape index (κ2) is 40.5. The summed E-state index contributed by atoms with van der Waals surface area (Å²) in [5.41, 5.74) is 1.50. The van der Waals surface area contributed by atoms with Crippen molar-refractivity contribution in [2.75, 3.05) is 118 Å². The van der Waals surface area contributed by atoms with Crippen LogP contribution in [-0.2, 0) is 25.3 Å². The van der Waals surface area contributed by atoms with Crippen molar-refractivity contribution in [1.82, 2.24) is 10.6 Å². The molecule has 0 spiro atoms. The highest BCUT2D eigenvalue weighted by Crippen LogP contribution is 2.11. The molecule has 0 aromatic carbocycles. The van der Waals surface area contributed by atoms with Gasteiger partial charge in [-0.2, -0.15) is 28.4 Å². The normalized spacial score (nSPS) is 12.1. The number of aliphatic imine (C=N–C) groups is 2. The lowest BCUT2D eigenvalue weighted by Crippen LogP contribution is -2.24. The molecule has 270 valence electrons. The zero-order chi connectivity index (χ0) is 33.6. The third-order valence-electron chi connectivity index (χ3n) is 4.23. The zero-order valence-electron chi connectivity index (χ0n) is 25.6. The molecule has 0 bridgehead atoms. The Bertz CT molecular complexity index is 797. The second-order valence-electron chi connectivity index (χ2n) is 7.70. The maximum Gasteiger partial charge on any atom is 0.408 e. The van der Waals surface area contributed by atoms with Crippen LogP contribution in [0.5, 0.6) is 0 Å². The highest BCUT2D eigenvalue weighted by Gasteiger charge is 2.03. The van der Waals surface area contributed by atoms with Gasteiger partial charge < -0.3 is 30.5 Å². The summed E-state index contributed by atoms with van der Waals surface area (Å²) >= 11 is 14.1. The van der Waals surface area contributed by atoms with E-state index >= 15 is 0 Å². The van der Waals surface area contributed by atoms with Gasteiger partial charge in [0.1, 0.15) is 11.9 Å². The SMILES string of the molecule is O=C(NCSCCSC/N=C/S(=O)CCSCCO)OCSCCSCOO/C=N/CSCCSCNC(=O)SCCSCCO. The molecule has 0 aliphatic carbocycles. The first kappa shape index (κ1) is 47.1. The number of ether oxygens (including phenoxy) is 1. The Kier molecular flexibility index (Phi) is 41.4. The molecular formula is C24H46N4O8S10. The minimum Gasteiger partial charge on any atom is -0.438 e. The van der Waals surface area contributed by atoms with Crippen molar-refractivity contribution in [3.05, 3.63) is 0 Å². The molecule has 46 heavy (non-hydrogen) atoms. The van der Waals surface area contributed by atoms with Crippen molar-refractivity contribution in [2.45, 2.75) is 0 Å². The van der Waals surface area contributed by atoms with E-state index in [2.05, 4.69) is 20.6 Å². The maximum absolute atomic E-state index is 11.7. The number of carbonyl (C=O) groups is 2. The third-order valence-corrected chi connectivity index (χ3v) is 14.1. The van der Waals surface area contributed by atoms with Crippen LogP contribution in [0, 0.1) is 0 Å². The van der Waals surface area contributed by atoms with Gasteiger partial charge in [-0.25, -0.2) is 9.79 Å². The van der Waals surface area contributed by atoms with Crippen molar-refractivity contribution in [3.8, 4) is 0 Å². The molecule has 0 aliphatic rings. The Balaban J connectivity index is 3.32. The molecule has 22 heteroatoms. The van der Waals surface area contributed by atoms with E-state index in [1.54, 1.807) is 82.3 Å². The standard InChI is InChI=1S/C24H46N4O8S10/c29-1-3-37-11-12-45-24(32)28-19-42-8-5-39-16-25-15-35-36-22-44-10-9-43-21-34-23(31)27-18-41-7-6-40-17-26-20-46(33)14-13-38-4-2-30/h15,20,29-30H,1-14,16-19,21-22H2,(H,27,31)(H,28,32)/b25-15+,26-20+. The molecule has 0 heterocycles. The fourth-order valence-electron chi connectivity index (χ4n) is 2.25. The lowest BCUT2D eigenvalue weighted by Gasteiger charge is -2.06. The quantitative estimate of drug-likeness (QED) is 0.0178. The van der Waals surface area contributed by atoms with Crippen LogP contribution in [0.3, 0.4) is 0 Å². The summed E-state index contributed by atoms with van der Waals surface area (Å²) in [6, 6.07) is 0. The molecule has 0 radical (unpaired) electrons. The summed E-state index contributed by atoms with van der Waals surface area (Å²) in [4.78, 5) is 41.6. The number of rotatable bonds is 34. The van der Waals surface area contributed by atoms with Crippen LogP contribution < -0.4 is 10.6 Å². The molecule has 0 saturated carbocycles. The molecule has 1 unspecified atom stereocenters. The van der Waals surface area contributed by atoms with Gasteiger partial charge in [0.25, 0.3) is 5.24 Å². The molecule has 0 rings (SSSR count). The summed E-state index contributed by atoms with van der Waals surface area (Å²) in [7, 11) is -1.05. The molecule has 0 fully saturated rings. The number of alkyl carbamates (subject to hydrolysis) is 1. The first-order valence-electron chi connectivity index (χ1n) is 13.9. The zero-order valence-corrected chi connectivity index (χ0v) is 33.8. The second-order valence-corrected chi connectivity index (χ2v) is 19.1. The van der Waals surface area contributed by atoms with Gasteiger partial charge in [-0.05, 0) is 0 Å². The average Bonchev–Trinajstić information content (AvgIpc) is 3.05. The summed E-state index contributed by atoms with van der Waals surface area (Å²) in [5.74, 6) is 12.3.